The molecule has 0 aliphatic carbocycles. The molecule has 2 heterocycles. The average Bonchev–Trinajstić information content (AvgIpc) is 3.28. The smallest absolute Gasteiger partial charge is 0.330 e. The molecule has 2 aliphatic rings. The Bertz CT molecular complexity index is 566. The summed E-state index contributed by atoms with van der Waals surface area (Å²) in [5.41, 5.74) is 0. The van der Waals surface area contributed by atoms with Gasteiger partial charge in [-0.2, -0.15) is 0 Å². The van der Waals surface area contributed by atoms with Crippen LogP contribution in [-0.4, -0.2) is 48.4 Å². The maximum absolute atomic E-state index is 11.9. The number of rotatable bonds is 2. The Morgan fingerprint density at radius 2 is 1.68 bits per heavy atom. The van der Waals surface area contributed by atoms with Crippen molar-refractivity contribution in [2.45, 2.75) is 70.6 Å². The highest BCUT2D eigenvalue weighted by Gasteiger charge is 2.51. The molecule has 25 heavy (non-hydrogen) atoms. The van der Waals surface area contributed by atoms with Crippen molar-refractivity contribution in [1.82, 2.24) is 0 Å². The number of esters is 3. The van der Waals surface area contributed by atoms with Gasteiger partial charge in [0.1, 0.15) is 24.4 Å². The maximum atomic E-state index is 11.9. The van der Waals surface area contributed by atoms with E-state index in [1.807, 2.05) is 13.0 Å². The van der Waals surface area contributed by atoms with E-state index in [1.54, 1.807) is 6.08 Å². The third kappa shape index (κ3) is 6.34. The number of hydrogen-bond acceptors (Lipinski definition) is 7. The monoisotopic (exact) mass is 352 g/mol. The molecule has 5 atom stereocenters. The molecule has 2 rings (SSSR count). The predicted molar refractivity (Wildman–Crippen MR) is 87.5 cm³/mol. The van der Waals surface area contributed by atoms with Crippen LogP contribution in [0.25, 0.3) is 0 Å². The summed E-state index contributed by atoms with van der Waals surface area (Å²) in [6.07, 6.45) is 6.30. The number of carbonyl (C=O) groups excluding carboxylic acids is 3. The molecule has 1 fully saturated rings. The molecule has 0 radical (unpaired) electrons. The molecule has 0 saturated carbocycles. The minimum Gasteiger partial charge on any atom is -0.460 e. The minimum absolute atomic E-state index is 0.213. The van der Waals surface area contributed by atoms with Crippen LogP contribution < -0.4 is 0 Å². The zero-order chi connectivity index (χ0) is 18.4. The second kappa shape index (κ2) is 8.80. The molecule has 7 nitrogen and oxygen atoms in total. The largest absolute Gasteiger partial charge is 0.460 e. The fraction of sp³-hybridized carbons (Fsp3) is 0.611. The van der Waals surface area contributed by atoms with Gasteiger partial charge in [-0.1, -0.05) is 6.08 Å². The van der Waals surface area contributed by atoms with Gasteiger partial charge < -0.3 is 18.9 Å². The Balaban J connectivity index is 2.17. The third-order valence-electron chi connectivity index (χ3n) is 3.86. The summed E-state index contributed by atoms with van der Waals surface area (Å²) in [4.78, 5) is 34.5. The van der Waals surface area contributed by atoms with Gasteiger partial charge in [-0.15, -0.1) is 0 Å². The second-order valence-electron chi connectivity index (χ2n) is 6.18. The van der Waals surface area contributed by atoms with E-state index in [0.29, 0.717) is 0 Å². The van der Waals surface area contributed by atoms with E-state index in [0.717, 1.165) is 19.3 Å². The van der Waals surface area contributed by atoms with Crippen LogP contribution in [0.1, 0.15) is 40.0 Å². The third-order valence-corrected chi connectivity index (χ3v) is 3.86. The van der Waals surface area contributed by atoms with Gasteiger partial charge in [-0.05, 0) is 38.3 Å². The van der Waals surface area contributed by atoms with Gasteiger partial charge in [-0.25, -0.2) is 4.79 Å². The van der Waals surface area contributed by atoms with Crippen LogP contribution in [0.5, 0.6) is 0 Å². The number of fused-ring (bicyclic) bond motifs is 1. The first-order chi connectivity index (χ1) is 11.9. The van der Waals surface area contributed by atoms with Crippen molar-refractivity contribution in [2.75, 3.05) is 0 Å². The molecule has 0 aromatic carbocycles. The second-order valence-corrected chi connectivity index (χ2v) is 6.18. The summed E-state index contributed by atoms with van der Waals surface area (Å²) in [5, 5.41) is 0. The molecule has 0 spiro atoms. The molecule has 2 aliphatic heterocycles. The van der Waals surface area contributed by atoms with Crippen molar-refractivity contribution >= 4 is 17.9 Å². The Hall–Kier alpha value is -2.15. The summed E-state index contributed by atoms with van der Waals surface area (Å²) in [6, 6.07) is 0. The number of ether oxygens (including phenoxy) is 4. The number of carbonyl (C=O) groups is 3. The highest BCUT2D eigenvalue weighted by molar-refractivity contribution is 5.82. The van der Waals surface area contributed by atoms with E-state index in [1.165, 1.54) is 26.0 Å². The zero-order valence-electron chi connectivity index (χ0n) is 14.7. The molecule has 0 bridgehead atoms. The van der Waals surface area contributed by atoms with Gasteiger partial charge >= 0.3 is 17.9 Å². The maximum Gasteiger partial charge on any atom is 0.330 e. The lowest BCUT2D eigenvalue weighted by Crippen LogP contribution is -2.28. The molecule has 1 saturated heterocycles. The van der Waals surface area contributed by atoms with Gasteiger partial charge in [-0.3, -0.25) is 9.59 Å². The van der Waals surface area contributed by atoms with Crippen molar-refractivity contribution < 1.29 is 33.3 Å². The highest BCUT2D eigenvalue weighted by Crippen LogP contribution is 2.33. The molecule has 0 aromatic rings. The summed E-state index contributed by atoms with van der Waals surface area (Å²) in [6.45, 7) is 4.44. The summed E-state index contributed by atoms with van der Waals surface area (Å²) in [7, 11) is 0. The molecular formula is C18H24O7. The quantitative estimate of drug-likeness (QED) is 0.324. The standard InChI is InChI=1S/C18H24O7/c1-11-7-5-4-6-8-14(23-12(2)19)17-18(25-17)15(24-13(3)20)9-10-16(21)22-11/h6,8-11,14-15,17-18H,4-5,7H2,1-3H3/b8-6-,10-9-/t11-,14+,15-,17+,18-/m0/s1. The summed E-state index contributed by atoms with van der Waals surface area (Å²) < 4.78 is 21.3. The SMILES string of the molecule is CC(=O)O[C@H]1/C=C\C(=O)O[C@@H](C)CCC/C=C\[C@@H](OC(C)=O)[C@H]2O[C@H]21. The molecule has 138 valence electrons. The Labute approximate surface area is 146 Å². The van der Waals surface area contributed by atoms with Crippen LogP contribution >= 0.6 is 0 Å². The molecule has 0 amide bonds. The van der Waals surface area contributed by atoms with Crippen LogP contribution in [-0.2, 0) is 33.3 Å². The van der Waals surface area contributed by atoms with Crippen LogP contribution in [0.2, 0.25) is 0 Å². The molecule has 7 heteroatoms. The molecule has 0 N–H and O–H groups in total. The Morgan fingerprint density at radius 3 is 2.28 bits per heavy atom. The van der Waals surface area contributed by atoms with Crippen molar-refractivity contribution in [2.24, 2.45) is 0 Å². The summed E-state index contributed by atoms with van der Waals surface area (Å²) in [5.74, 6) is -1.40. The first kappa shape index (κ1) is 19.2. The fourth-order valence-electron chi connectivity index (χ4n) is 2.70. The van der Waals surface area contributed by atoms with Gasteiger partial charge in [0, 0.05) is 19.9 Å². The predicted octanol–water partition coefficient (Wildman–Crippen LogP) is 1.85. The molecular weight excluding hydrogens is 328 g/mol. The van der Waals surface area contributed by atoms with Gasteiger partial charge in [0.25, 0.3) is 0 Å². The van der Waals surface area contributed by atoms with Crippen LogP contribution in [0.3, 0.4) is 0 Å². The Morgan fingerprint density at radius 1 is 1.08 bits per heavy atom. The first-order valence-electron chi connectivity index (χ1n) is 8.42. The minimum atomic E-state index is -0.750. The number of allylic oxidation sites excluding steroid dienone is 1. The van der Waals surface area contributed by atoms with E-state index in [2.05, 4.69) is 0 Å². The summed E-state index contributed by atoms with van der Waals surface area (Å²) >= 11 is 0. The average molecular weight is 352 g/mol. The lowest BCUT2D eigenvalue weighted by molar-refractivity contribution is -0.146. The molecule has 0 aromatic heterocycles. The van der Waals surface area contributed by atoms with Crippen LogP contribution in [0.15, 0.2) is 24.3 Å². The van der Waals surface area contributed by atoms with Crippen molar-refractivity contribution in [3.63, 3.8) is 0 Å². The first-order valence-corrected chi connectivity index (χ1v) is 8.42. The van der Waals surface area contributed by atoms with Crippen LogP contribution in [0.4, 0.5) is 0 Å². The number of cyclic esters (lactones) is 1. The van der Waals surface area contributed by atoms with Crippen molar-refractivity contribution in [1.29, 1.82) is 0 Å². The normalized spacial score (nSPS) is 35.3. The highest BCUT2D eigenvalue weighted by atomic mass is 16.7. The van der Waals surface area contributed by atoms with E-state index >= 15 is 0 Å². The lowest BCUT2D eigenvalue weighted by atomic mass is 10.1. The van der Waals surface area contributed by atoms with E-state index in [4.69, 9.17) is 18.9 Å². The van der Waals surface area contributed by atoms with E-state index in [-0.39, 0.29) is 6.10 Å². The zero-order valence-corrected chi connectivity index (χ0v) is 14.7. The van der Waals surface area contributed by atoms with Crippen LogP contribution in [0, 0.1) is 0 Å². The Kier molecular flexibility index (Phi) is 6.75. The fourth-order valence-corrected chi connectivity index (χ4v) is 2.70. The number of hydrogen-bond donors (Lipinski definition) is 0. The van der Waals surface area contributed by atoms with Gasteiger partial charge in [0.15, 0.2) is 0 Å². The molecule has 0 unspecified atom stereocenters. The van der Waals surface area contributed by atoms with Crippen molar-refractivity contribution in [3.8, 4) is 0 Å². The van der Waals surface area contributed by atoms with Gasteiger partial charge in [0.2, 0.25) is 0 Å². The lowest BCUT2D eigenvalue weighted by Gasteiger charge is -2.15. The van der Waals surface area contributed by atoms with Crippen molar-refractivity contribution in [3.05, 3.63) is 24.3 Å². The topological polar surface area (TPSA) is 91.4 Å². The van der Waals surface area contributed by atoms with E-state index < -0.39 is 42.3 Å². The van der Waals surface area contributed by atoms with E-state index in [9.17, 15) is 14.4 Å². The van der Waals surface area contributed by atoms with Gasteiger partial charge in [0.05, 0.1) is 6.10 Å². The number of epoxide rings is 1.